The number of nitrogens with two attached hydrogens (primary N) is 1. The molecule has 0 heterocycles. The Hall–Kier alpha value is -1.44. The van der Waals surface area contributed by atoms with E-state index in [1.54, 1.807) is 12.1 Å². The zero-order valence-electron chi connectivity index (χ0n) is 11.8. The average molecular weight is 299 g/mol. The molecule has 0 saturated heterocycles. The fourth-order valence-electron chi connectivity index (χ4n) is 1.73. The van der Waals surface area contributed by atoms with Gasteiger partial charge in [-0.05, 0) is 37.1 Å². The smallest absolute Gasteiger partial charge is 0.240 e. The maximum atomic E-state index is 12.0. The van der Waals surface area contributed by atoms with Crippen LogP contribution in [0.5, 0.6) is 0 Å². The van der Waals surface area contributed by atoms with Crippen LogP contribution in [0.2, 0.25) is 0 Å². The number of hydrogen-bond acceptors (Lipinski definition) is 4. The van der Waals surface area contributed by atoms with Crippen molar-refractivity contribution >= 4 is 15.9 Å². The Balaban J connectivity index is 2.69. The second-order valence-electron chi connectivity index (χ2n) is 4.39. The van der Waals surface area contributed by atoms with E-state index >= 15 is 0 Å². The number of hydrogen-bond donors (Lipinski definition) is 3. The third kappa shape index (κ3) is 4.59. The van der Waals surface area contributed by atoms with Crippen molar-refractivity contribution in [3.63, 3.8) is 0 Å². The molecule has 0 radical (unpaired) electrons. The molecule has 0 aromatic heterocycles. The van der Waals surface area contributed by atoms with Gasteiger partial charge in [0, 0.05) is 26.1 Å². The van der Waals surface area contributed by atoms with Crippen molar-refractivity contribution in [1.29, 1.82) is 0 Å². The molecule has 1 aromatic rings. The molecule has 0 unspecified atom stereocenters. The molecule has 6 nitrogen and oxygen atoms in total. The number of rotatable bonds is 7. The van der Waals surface area contributed by atoms with Crippen molar-refractivity contribution < 1.29 is 13.2 Å². The highest BCUT2D eigenvalue weighted by Crippen LogP contribution is 2.14. The number of carbonyl (C=O) groups excluding carboxylic acids is 1. The second kappa shape index (κ2) is 7.37. The van der Waals surface area contributed by atoms with Gasteiger partial charge < -0.3 is 11.1 Å². The van der Waals surface area contributed by atoms with E-state index in [4.69, 9.17) is 5.73 Å². The summed E-state index contributed by atoms with van der Waals surface area (Å²) in [4.78, 5) is 11.4. The largest absolute Gasteiger partial charge is 0.356 e. The van der Waals surface area contributed by atoms with Crippen LogP contribution in [-0.2, 0) is 21.4 Å². The number of aryl methyl sites for hydroxylation is 1. The summed E-state index contributed by atoms with van der Waals surface area (Å²) in [6, 6.07) is 4.80. The summed E-state index contributed by atoms with van der Waals surface area (Å²) in [5, 5.41) is 2.61. The molecule has 0 aliphatic heterocycles. The van der Waals surface area contributed by atoms with Gasteiger partial charge in [0.2, 0.25) is 15.9 Å². The molecule has 0 aliphatic carbocycles. The SMILES string of the molecule is CCNC(=O)CCNS(=O)(=O)c1ccc(CN)c(C)c1. The Labute approximate surface area is 119 Å². The Morgan fingerprint density at radius 3 is 2.60 bits per heavy atom. The zero-order valence-corrected chi connectivity index (χ0v) is 12.6. The molecule has 7 heteroatoms. The van der Waals surface area contributed by atoms with Crippen LogP contribution >= 0.6 is 0 Å². The average Bonchev–Trinajstić information content (AvgIpc) is 2.38. The van der Waals surface area contributed by atoms with Crippen LogP contribution in [-0.4, -0.2) is 27.4 Å². The van der Waals surface area contributed by atoms with E-state index in [1.807, 2.05) is 13.8 Å². The third-order valence-electron chi connectivity index (χ3n) is 2.86. The standard InChI is InChI=1S/C13H21N3O3S/c1-3-15-13(17)6-7-16-20(18,19)12-5-4-11(9-14)10(2)8-12/h4-5,8,16H,3,6-7,9,14H2,1-2H3,(H,15,17). The van der Waals surface area contributed by atoms with Gasteiger partial charge in [0.25, 0.3) is 0 Å². The highest BCUT2D eigenvalue weighted by molar-refractivity contribution is 7.89. The molecule has 0 atom stereocenters. The fraction of sp³-hybridized carbons (Fsp3) is 0.462. The lowest BCUT2D eigenvalue weighted by Crippen LogP contribution is -2.30. The molecule has 1 rings (SSSR count). The lowest BCUT2D eigenvalue weighted by molar-refractivity contribution is -0.120. The van der Waals surface area contributed by atoms with Crippen molar-refractivity contribution in [1.82, 2.24) is 10.0 Å². The van der Waals surface area contributed by atoms with Gasteiger partial charge in [0.05, 0.1) is 4.90 Å². The zero-order chi connectivity index (χ0) is 15.2. The molecular formula is C13H21N3O3S. The van der Waals surface area contributed by atoms with Gasteiger partial charge >= 0.3 is 0 Å². The van der Waals surface area contributed by atoms with Gasteiger partial charge in [-0.2, -0.15) is 0 Å². The molecule has 0 bridgehead atoms. The minimum Gasteiger partial charge on any atom is -0.356 e. The quantitative estimate of drug-likeness (QED) is 0.672. The van der Waals surface area contributed by atoms with Crippen LogP contribution in [0, 0.1) is 6.92 Å². The molecule has 0 spiro atoms. The van der Waals surface area contributed by atoms with E-state index in [0.717, 1.165) is 11.1 Å². The molecule has 20 heavy (non-hydrogen) atoms. The topological polar surface area (TPSA) is 101 Å². The lowest BCUT2D eigenvalue weighted by Gasteiger charge is -2.09. The van der Waals surface area contributed by atoms with Crippen LogP contribution in [0.4, 0.5) is 0 Å². The molecule has 112 valence electrons. The summed E-state index contributed by atoms with van der Waals surface area (Å²) in [7, 11) is -3.59. The van der Waals surface area contributed by atoms with Crippen molar-refractivity contribution in [2.45, 2.75) is 31.7 Å². The number of carbonyl (C=O) groups is 1. The van der Waals surface area contributed by atoms with Crippen molar-refractivity contribution in [3.05, 3.63) is 29.3 Å². The molecule has 0 aliphatic rings. The Kier molecular flexibility index (Phi) is 6.12. The third-order valence-corrected chi connectivity index (χ3v) is 4.32. The molecule has 0 fully saturated rings. The normalized spacial score (nSPS) is 11.3. The van der Waals surface area contributed by atoms with E-state index in [2.05, 4.69) is 10.0 Å². The van der Waals surface area contributed by atoms with Gasteiger partial charge in [-0.1, -0.05) is 6.07 Å². The predicted octanol–water partition coefficient (Wildman–Crippen LogP) is 0.258. The Morgan fingerprint density at radius 1 is 1.35 bits per heavy atom. The highest BCUT2D eigenvalue weighted by Gasteiger charge is 2.15. The first kappa shape index (κ1) is 16.6. The minimum absolute atomic E-state index is 0.0753. The van der Waals surface area contributed by atoms with Gasteiger partial charge in [0.15, 0.2) is 0 Å². The summed E-state index contributed by atoms with van der Waals surface area (Å²) in [5.74, 6) is -0.176. The summed E-state index contributed by atoms with van der Waals surface area (Å²) in [6.45, 7) is 4.60. The maximum absolute atomic E-state index is 12.0. The predicted molar refractivity (Wildman–Crippen MR) is 77.6 cm³/mol. The summed E-state index contributed by atoms with van der Waals surface area (Å²) in [5.41, 5.74) is 7.28. The first-order chi connectivity index (χ1) is 9.40. The maximum Gasteiger partial charge on any atom is 0.240 e. The van der Waals surface area contributed by atoms with Gasteiger partial charge in [-0.25, -0.2) is 13.1 Å². The van der Waals surface area contributed by atoms with Crippen LogP contribution in [0.25, 0.3) is 0 Å². The number of nitrogens with one attached hydrogen (secondary N) is 2. The monoisotopic (exact) mass is 299 g/mol. The van der Waals surface area contributed by atoms with E-state index in [9.17, 15) is 13.2 Å². The second-order valence-corrected chi connectivity index (χ2v) is 6.16. The lowest BCUT2D eigenvalue weighted by atomic mass is 10.1. The minimum atomic E-state index is -3.59. The summed E-state index contributed by atoms with van der Waals surface area (Å²) < 4.78 is 26.5. The van der Waals surface area contributed by atoms with Gasteiger partial charge in [0.1, 0.15) is 0 Å². The van der Waals surface area contributed by atoms with Crippen molar-refractivity contribution in [2.24, 2.45) is 5.73 Å². The molecule has 4 N–H and O–H groups in total. The summed E-state index contributed by atoms with van der Waals surface area (Å²) in [6.07, 6.45) is 0.118. The summed E-state index contributed by atoms with van der Waals surface area (Å²) >= 11 is 0. The van der Waals surface area contributed by atoms with Crippen LogP contribution in [0.15, 0.2) is 23.1 Å². The number of sulfonamides is 1. The Morgan fingerprint density at radius 2 is 2.05 bits per heavy atom. The van der Waals surface area contributed by atoms with E-state index in [1.165, 1.54) is 6.07 Å². The number of benzene rings is 1. The molecule has 1 aromatic carbocycles. The molecule has 1 amide bonds. The number of amides is 1. The van der Waals surface area contributed by atoms with Gasteiger partial charge in [-0.3, -0.25) is 4.79 Å². The fourth-order valence-corrected chi connectivity index (χ4v) is 2.85. The van der Waals surface area contributed by atoms with E-state index in [0.29, 0.717) is 13.1 Å². The highest BCUT2D eigenvalue weighted by atomic mass is 32.2. The van der Waals surface area contributed by atoms with Crippen LogP contribution < -0.4 is 15.8 Å². The van der Waals surface area contributed by atoms with E-state index in [-0.39, 0.29) is 23.8 Å². The first-order valence-electron chi connectivity index (χ1n) is 6.46. The first-order valence-corrected chi connectivity index (χ1v) is 7.95. The van der Waals surface area contributed by atoms with Gasteiger partial charge in [-0.15, -0.1) is 0 Å². The van der Waals surface area contributed by atoms with Crippen molar-refractivity contribution in [3.8, 4) is 0 Å². The molecular weight excluding hydrogens is 278 g/mol. The van der Waals surface area contributed by atoms with Crippen LogP contribution in [0.3, 0.4) is 0 Å². The van der Waals surface area contributed by atoms with Crippen LogP contribution in [0.1, 0.15) is 24.5 Å². The molecule has 0 saturated carbocycles. The Bertz CT molecular complexity index is 570. The van der Waals surface area contributed by atoms with Crippen molar-refractivity contribution in [2.75, 3.05) is 13.1 Å². The van der Waals surface area contributed by atoms with E-state index < -0.39 is 10.0 Å².